The number of aromatic nitrogens is 2. The molecule has 1 amide bonds. The minimum Gasteiger partial charge on any atom is -0.366 e. The number of carbonyl (C=O) groups is 1. The molecular formula is C21H19ClN4O. The van der Waals surface area contributed by atoms with Crippen LogP contribution in [-0.4, -0.2) is 27.3 Å². The number of hydrogen-bond acceptors (Lipinski definition) is 4. The summed E-state index contributed by atoms with van der Waals surface area (Å²) in [6.07, 6.45) is 2.30. The molecule has 0 saturated heterocycles. The van der Waals surface area contributed by atoms with Crippen molar-refractivity contribution >= 4 is 23.3 Å². The lowest BCUT2D eigenvalue weighted by Gasteiger charge is -2.28. The summed E-state index contributed by atoms with van der Waals surface area (Å²) in [6.45, 7) is 1.92. The van der Waals surface area contributed by atoms with Gasteiger partial charge in [0.15, 0.2) is 0 Å². The lowest BCUT2D eigenvalue weighted by atomic mass is 10.00. The van der Waals surface area contributed by atoms with Gasteiger partial charge < -0.3 is 10.2 Å². The van der Waals surface area contributed by atoms with E-state index in [4.69, 9.17) is 11.6 Å². The summed E-state index contributed by atoms with van der Waals surface area (Å²) < 4.78 is 0. The maximum absolute atomic E-state index is 12.9. The number of fused-ring (bicyclic) bond motifs is 1. The Bertz CT molecular complexity index is 958. The fourth-order valence-corrected chi connectivity index (χ4v) is 3.32. The van der Waals surface area contributed by atoms with E-state index in [2.05, 4.69) is 27.4 Å². The summed E-state index contributed by atoms with van der Waals surface area (Å²) in [6, 6.07) is 17.6. The summed E-state index contributed by atoms with van der Waals surface area (Å²) in [5.74, 6) is 0.558. The van der Waals surface area contributed by atoms with Crippen LogP contribution in [0, 0.1) is 0 Å². The van der Waals surface area contributed by atoms with Gasteiger partial charge in [-0.3, -0.25) is 4.79 Å². The first-order valence-electron chi connectivity index (χ1n) is 8.85. The van der Waals surface area contributed by atoms with Crippen LogP contribution in [0.2, 0.25) is 5.02 Å². The molecule has 1 aromatic heterocycles. The number of halogens is 1. The highest BCUT2D eigenvalue weighted by Crippen LogP contribution is 2.20. The molecule has 0 atom stereocenters. The lowest BCUT2D eigenvalue weighted by molar-refractivity contribution is 0.0728. The average molecular weight is 379 g/mol. The third kappa shape index (κ3) is 4.09. The minimum atomic E-state index is -0.0681. The molecule has 4 rings (SSSR count). The fraction of sp³-hybridized carbons (Fsp3) is 0.190. The molecule has 1 aliphatic rings. The molecule has 0 unspecified atom stereocenters. The molecule has 6 heteroatoms. The predicted octanol–water partition coefficient (Wildman–Crippen LogP) is 3.94. The third-order valence-electron chi connectivity index (χ3n) is 4.69. The quantitative estimate of drug-likeness (QED) is 0.747. The van der Waals surface area contributed by atoms with E-state index in [-0.39, 0.29) is 5.91 Å². The van der Waals surface area contributed by atoms with Gasteiger partial charge in [-0.2, -0.15) is 0 Å². The van der Waals surface area contributed by atoms with Gasteiger partial charge in [0.25, 0.3) is 5.91 Å². The van der Waals surface area contributed by atoms with Crippen LogP contribution < -0.4 is 5.32 Å². The maximum atomic E-state index is 12.9. The molecule has 0 fully saturated rings. The van der Waals surface area contributed by atoms with Crippen LogP contribution in [0.4, 0.5) is 5.82 Å². The highest BCUT2D eigenvalue weighted by atomic mass is 35.5. The van der Waals surface area contributed by atoms with E-state index < -0.39 is 0 Å². The van der Waals surface area contributed by atoms with E-state index in [0.717, 1.165) is 12.0 Å². The molecule has 5 nitrogen and oxygen atoms in total. The average Bonchev–Trinajstić information content (AvgIpc) is 2.72. The second-order valence-electron chi connectivity index (χ2n) is 6.51. The highest BCUT2D eigenvalue weighted by Gasteiger charge is 2.22. The van der Waals surface area contributed by atoms with Crippen LogP contribution in [0.1, 0.15) is 27.2 Å². The molecule has 0 aliphatic carbocycles. The van der Waals surface area contributed by atoms with Crippen molar-refractivity contribution in [2.45, 2.75) is 19.5 Å². The number of rotatable bonds is 4. The Kier molecular flexibility index (Phi) is 5.03. The van der Waals surface area contributed by atoms with Crippen molar-refractivity contribution in [3.8, 4) is 0 Å². The molecule has 1 N–H and O–H groups in total. The van der Waals surface area contributed by atoms with Crippen molar-refractivity contribution in [2.24, 2.45) is 0 Å². The Morgan fingerprint density at radius 3 is 2.67 bits per heavy atom. The topological polar surface area (TPSA) is 58.1 Å². The van der Waals surface area contributed by atoms with Crippen LogP contribution in [0.5, 0.6) is 0 Å². The zero-order valence-electron chi connectivity index (χ0n) is 14.7. The summed E-state index contributed by atoms with van der Waals surface area (Å²) in [4.78, 5) is 23.1. The van der Waals surface area contributed by atoms with Crippen molar-refractivity contribution in [1.29, 1.82) is 0 Å². The molecule has 0 radical (unpaired) electrons. The Morgan fingerprint density at radius 2 is 1.85 bits per heavy atom. The molecule has 3 aromatic rings. The molecule has 27 heavy (non-hydrogen) atoms. The number of nitrogens with zero attached hydrogens (tertiary/aromatic N) is 3. The van der Waals surface area contributed by atoms with Crippen molar-refractivity contribution in [1.82, 2.24) is 14.9 Å². The van der Waals surface area contributed by atoms with Gasteiger partial charge in [0.1, 0.15) is 17.8 Å². The lowest BCUT2D eigenvalue weighted by Crippen LogP contribution is -2.36. The molecule has 0 saturated carbocycles. The van der Waals surface area contributed by atoms with Crippen LogP contribution in [0.15, 0.2) is 60.9 Å². The van der Waals surface area contributed by atoms with E-state index >= 15 is 0 Å². The molecule has 1 aliphatic heterocycles. The number of anilines is 1. The molecule has 136 valence electrons. The van der Waals surface area contributed by atoms with Gasteiger partial charge in [0.05, 0.1) is 0 Å². The number of amides is 1. The molecule has 2 heterocycles. The van der Waals surface area contributed by atoms with Gasteiger partial charge >= 0.3 is 0 Å². The largest absolute Gasteiger partial charge is 0.366 e. The first-order valence-corrected chi connectivity index (χ1v) is 9.23. The summed E-state index contributed by atoms with van der Waals surface area (Å²) >= 11 is 5.91. The van der Waals surface area contributed by atoms with Crippen LogP contribution in [0.25, 0.3) is 0 Å². The fourth-order valence-electron chi connectivity index (χ4n) is 3.20. The van der Waals surface area contributed by atoms with Crippen molar-refractivity contribution in [3.05, 3.63) is 88.3 Å². The first kappa shape index (κ1) is 17.5. The standard InChI is InChI=1S/C21H19ClN4O/c22-18-7-5-15(6-8-18)12-23-20-11-19(24-14-25-20)21(27)26-10-9-16-3-1-2-4-17(16)13-26/h1-8,11,14H,9-10,12-13H2,(H,23,24,25). The smallest absolute Gasteiger partial charge is 0.272 e. The van der Waals surface area contributed by atoms with E-state index in [9.17, 15) is 4.79 Å². The zero-order valence-corrected chi connectivity index (χ0v) is 15.5. The van der Waals surface area contributed by atoms with Gasteiger partial charge in [-0.25, -0.2) is 9.97 Å². The van der Waals surface area contributed by atoms with E-state index in [0.29, 0.717) is 36.2 Å². The summed E-state index contributed by atoms with van der Waals surface area (Å²) in [5, 5.41) is 3.93. The number of carbonyl (C=O) groups excluding carboxylic acids is 1. The predicted molar refractivity (Wildman–Crippen MR) is 106 cm³/mol. The first-order chi connectivity index (χ1) is 13.2. The van der Waals surface area contributed by atoms with Crippen LogP contribution in [-0.2, 0) is 19.5 Å². The second kappa shape index (κ2) is 7.76. The molecular weight excluding hydrogens is 360 g/mol. The Morgan fingerprint density at radius 1 is 1.07 bits per heavy atom. The highest BCUT2D eigenvalue weighted by molar-refractivity contribution is 6.30. The second-order valence-corrected chi connectivity index (χ2v) is 6.95. The normalized spacial score (nSPS) is 13.1. The van der Waals surface area contributed by atoms with Gasteiger partial charge in [0.2, 0.25) is 0 Å². The maximum Gasteiger partial charge on any atom is 0.272 e. The summed E-state index contributed by atoms with van der Waals surface area (Å²) in [7, 11) is 0. The number of hydrogen-bond donors (Lipinski definition) is 1. The summed E-state index contributed by atoms with van der Waals surface area (Å²) in [5.41, 5.74) is 4.00. The molecule has 0 bridgehead atoms. The van der Waals surface area contributed by atoms with Crippen molar-refractivity contribution in [3.63, 3.8) is 0 Å². The molecule has 2 aromatic carbocycles. The van der Waals surface area contributed by atoms with Crippen LogP contribution in [0.3, 0.4) is 0 Å². The van der Waals surface area contributed by atoms with Crippen LogP contribution >= 0.6 is 11.6 Å². The zero-order chi connectivity index (χ0) is 18.6. The minimum absolute atomic E-state index is 0.0681. The van der Waals surface area contributed by atoms with Gasteiger partial charge in [0, 0.05) is 30.7 Å². The van der Waals surface area contributed by atoms with Crippen molar-refractivity contribution in [2.75, 3.05) is 11.9 Å². The Hall–Kier alpha value is -2.92. The Labute approximate surface area is 163 Å². The molecule has 0 spiro atoms. The van der Waals surface area contributed by atoms with Gasteiger partial charge in [-0.05, 0) is 35.2 Å². The van der Waals surface area contributed by atoms with Crippen molar-refractivity contribution < 1.29 is 4.79 Å². The van der Waals surface area contributed by atoms with E-state index in [1.807, 2.05) is 41.3 Å². The van der Waals surface area contributed by atoms with Gasteiger partial charge in [-0.1, -0.05) is 48.0 Å². The number of benzene rings is 2. The SMILES string of the molecule is O=C(c1cc(NCc2ccc(Cl)cc2)ncn1)N1CCc2ccccc2C1. The number of nitrogens with one attached hydrogen (secondary N) is 1. The van der Waals surface area contributed by atoms with E-state index in [1.54, 1.807) is 6.07 Å². The van der Waals surface area contributed by atoms with Gasteiger partial charge in [-0.15, -0.1) is 0 Å². The van der Waals surface area contributed by atoms with E-state index in [1.165, 1.54) is 17.5 Å². The Balaban J connectivity index is 1.44. The third-order valence-corrected chi connectivity index (χ3v) is 4.94. The monoisotopic (exact) mass is 378 g/mol.